The van der Waals surface area contributed by atoms with E-state index in [1.165, 1.54) is 0 Å². The lowest BCUT2D eigenvalue weighted by Crippen LogP contribution is -2.22. The van der Waals surface area contributed by atoms with Crippen LogP contribution >= 0.6 is 0 Å². The van der Waals surface area contributed by atoms with Gasteiger partial charge in [0, 0.05) is 37.7 Å². The van der Waals surface area contributed by atoms with E-state index < -0.39 is 0 Å². The number of aryl methyl sites for hydroxylation is 1. The summed E-state index contributed by atoms with van der Waals surface area (Å²) in [4.78, 5) is 0. The van der Waals surface area contributed by atoms with Crippen molar-refractivity contribution in [3.05, 3.63) is 35.9 Å². The van der Waals surface area contributed by atoms with Gasteiger partial charge in [-0.25, -0.2) is 0 Å². The quantitative estimate of drug-likeness (QED) is 0.841. The summed E-state index contributed by atoms with van der Waals surface area (Å²) >= 11 is 0. The first kappa shape index (κ1) is 15.3. The number of benzene rings is 1. The number of nitrogens with zero attached hydrogens (tertiary/aromatic N) is 3. The molecule has 0 radical (unpaired) electrons. The molecule has 1 heterocycles. The lowest BCUT2D eigenvalue weighted by Gasteiger charge is -2.18. The second kappa shape index (κ2) is 7.08. The maximum atomic E-state index is 5.43. The molecule has 0 saturated carbocycles. The fourth-order valence-electron chi connectivity index (χ4n) is 2.22. The molecule has 0 aliphatic carbocycles. The molecule has 0 amide bonds. The Morgan fingerprint density at radius 2 is 2.10 bits per heavy atom. The third-order valence-corrected chi connectivity index (χ3v) is 3.51. The van der Waals surface area contributed by atoms with Crippen molar-refractivity contribution in [2.75, 3.05) is 20.8 Å². The van der Waals surface area contributed by atoms with E-state index in [2.05, 4.69) is 22.4 Å². The molecule has 0 bridgehead atoms. The van der Waals surface area contributed by atoms with Gasteiger partial charge < -0.3 is 19.4 Å². The Morgan fingerprint density at radius 1 is 1.29 bits per heavy atom. The summed E-state index contributed by atoms with van der Waals surface area (Å²) in [6.07, 6.45) is 2.55. The number of ether oxygens (including phenoxy) is 2. The van der Waals surface area contributed by atoms with Gasteiger partial charge in [-0.2, -0.15) is 0 Å². The molecule has 0 spiro atoms. The van der Waals surface area contributed by atoms with Crippen LogP contribution in [0.1, 0.15) is 24.4 Å². The van der Waals surface area contributed by atoms with Crippen LogP contribution in [0.3, 0.4) is 0 Å². The van der Waals surface area contributed by atoms with Crippen molar-refractivity contribution in [1.82, 2.24) is 20.1 Å². The molecule has 1 aromatic carbocycles. The standard InChI is InChI=1S/C15H22N4O2/c1-11(16-8-7-15-18-17-10-19(15)2)13-6-5-12(20-3)9-14(13)21-4/h5-6,9-11,16H,7-8H2,1-4H3. The normalized spacial score (nSPS) is 12.2. The molecule has 21 heavy (non-hydrogen) atoms. The Balaban J connectivity index is 1.96. The van der Waals surface area contributed by atoms with Crippen LogP contribution in [-0.2, 0) is 13.5 Å². The molecule has 0 fully saturated rings. The molecule has 6 heteroatoms. The summed E-state index contributed by atoms with van der Waals surface area (Å²) in [5.41, 5.74) is 1.11. The van der Waals surface area contributed by atoms with Crippen molar-refractivity contribution in [2.45, 2.75) is 19.4 Å². The van der Waals surface area contributed by atoms with Gasteiger partial charge in [-0.3, -0.25) is 0 Å². The van der Waals surface area contributed by atoms with Crippen LogP contribution in [0, 0.1) is 0 Å². The molecule has 0 saturated heterocycles. The third kappa shape index (κ3) is 3.72. The maximum absolute atomic E-state index is 5.43. The summed E-state index contributed by atoms with van der Waals surface area (Å²) in [5, 5.41) is 11.4. The Morgan fingerprint density at radius 3 is 2.71 bits per heavy atom. The molecule has 114 valence electrons. The average molecular weight is 290 g/mol. The molecule has 1 N–H and O–H groups in total. The molecule has 2 aromatic rings. The molecule has 0 aliphatic rings. The Hall–Kier alpha value is -2.08. The highest BCUT2D eigenvalue weighted by molar-refractivity contribution is 5.42. The number of hydrogen-bond donors (Lipinski definition) is 1. The molecular weight excluding hydrogens is 268 g/mol. The van der Waals surface area contributed by atoms with Crippen LogP contribution in [0.5, 0.6) is 11.5 Å². The minimum atomic E-state index is 0.180. The lowest BCUT2D eigenvalue weighted by molar-refractivity contribution is 0.386. The van der Waals surface area contributed by atoms with Gasteiger partial charge in [0.05, 0.1) is 14.2 Å². The molecular formula is C15H22N4O2. The summed E-state index contributed by atoms with van der Waals surface area (Å²) in [7, 11) is 5.27. The van der Waals surface area contributed by atoms with E-state index in [4.69, 9.17) is 9.47 Å². The third-order valence-electron chi connectivity index (χ3n) is 3.51. The first-order valence-electron chi connectivity index (χ1n) is 6.94. The van der Waals surface area contributed by atoms with Crippen LogP contribution in [0.15, 0.2) is 24.5 Å². The monoisotopic (exact) mass is 290 g/mol. The van der Waals surface area contributed by atoms with Gasteiger partial charge in [-0.05, 0) is 13.0 Å². The van der Waals surface area contributed by atoms with E-state index in [0.717, 1.165) is 35.9 Å². The zero-order chi connectivity index (χ0) is 15.2. The predicted molar refractivity (Wildman–Crippen MR) is 80.7 cm³/mol. The largest absolute Gasteiger partial charge is 0.497 e. The second-order valence-electron chi connectivity index (χ2n) is 4.89. The van der Waals surface area contributed by atoms with Gasteiger partial charge in [0.25, 0.3) is 0 Å². The molecule has 6 nitrogen and oxygen atoms in total. The minimum Gasteiger partial charge on any atom is -0.497 e. The van der Waals surface area contributed by atoms with Crippen molar-refractivity contribution in [2.24, 2.45) is 7.05 Å². The lowest BCUT2D eigenvalue weighted by atomic mass is 10.1. The Bertz CT molecular complexity index is 583. The van der Waals surface area contributed by atoms with Gasteiger partial charge in [0.1, 0.15) is 23.7 Å². The molecule has 0 aliphatic heterocycles. The second-order valence-corrected chi connectivity index (χ2v) is 4.89. The van der Waals surface area contributed by atoms with E-state index in [0.29, 0.717) is 0 Å². The van der Waals surface area contributed by atoms with Crippen molar-refractivity contribution >= 4 is 0 Å². The zero-order valence-electron chi connectivity index (χ0n) is 13.0. The summed E-state index contributed by atoms with van der Waals surface area (Å²) in [6.45, 7) is 2.93. The van der Waals surface area contributed by atoms with Crippen LogP contribution < -0.4 is 14.8 Å². The summed E-state index contributed by atoms with van der Waals surface area (Å²) in [5.74, 6) is 2.59. The summed E-state index contributed by atoms with van der Waals surface area (Å²) < 4.78 is 12.6. The topological polar surface area (TPSA) is 61.2 Å². The van der Waals surface area contributed by atoms with Crippen molar-refractivity contribution in [1.29, 1.82) is 0 Å². The first-order chi connectivity index (χ1) is 10.2. The SMILES string of the molecule is COc1ccc(C(C)NCCc2nncn2C)c(OC)c1. The Labute approximate surface area is 125 Å². The summed E-state index contributed by atoms with van der Waals surface area (Å²) in [6, 6.07) is 6.05. The van der Waals surface area contributed by atoms with Gasteiger partial charge >= 0.3 is 0 Å². The molecule has 1 aromatic heterocycles. The molecule has 2 rings (SSSR count). The van der Waals surface area contributed by atoms with Crippen molar-refractivity contribution < 1.29 is 9.47 Å². The van der Waals surface area contributed by atoms with E-state index in [-0.39, 0.29) is 6.04 Å². The fourth-order valence-corrected chi connectivity index (χ4v) is 2.22. The van der Waals surface area contributed by atoms with Crippen LogP contribution in [0.25, 0.3) is 0 Å². The van der Waals surface area contributed by atoms with E-state index in [9.17, 15) is 0 Å². The van der Waals surface area contributed by atoms with Gasteiger partial charge in [-0.15, -0.1) is 10.2 Å². The van der Waals surface area contributed by atoms with Gasteiger partial charge in [0.2, 0.25) is 0 Å². The molecule has 1 unspecified atom stereocenters. The van der Waals surface area contributed by atoms with E-state index in [1.807, 2.05) is 29.8 Å². The number of nitrogens with one attached hydrogen (secondary N) is 1. The molecule has 1 atom stereocenters. The van der Waals surface area contributed by atoms with Gasteiger partial charge in [0.15, 0.2) is 0 Å². The fraction of sp³-hybridized carbons (Fsp3) is 0.467. The minimum absolute atomic E-state index is 0.180. The predicted octanol–water partition coefficient (Wildman–Crippen LogP) is 1.73. The smallest absolute Gasteiger partial charge is 0.133 e. The highest BCUT2D eigenvalue weighted by atomic mass is 16.5. The number of rotatable bonds is 7. The average Bonchev–Trinajstić information content (AvgIpc) is 2.91. The van der Waals surface area contributed by atoms with E-state index >= 15 is 0 Å². The van der Waals surface area contributed by atoms with Crippen LogP contribution in [-0.4, -0.2) is 35.5 Å². The first-order valence-corrected chi connectivity index (χ1v) is 6.94. The van der Waals surface area contributed by atoms with Crippen LogP contribution in [0.2, 0.25) is 0 Å². The van der Waals surface area contributed by atoms with Crippen molar-refractivity contribution in [3.8, 4) is 11.5 Å². The highest BCUT2D eigenvalue weighted by Crippen LogP contribution is 2.29. The number of aromatic nitrogens is 3. The maximum Gasteiger partial charge on any atom is 0.133 e. The van der Waals surface area contributed by atoms with Crippen LogP contribution in [0.4, 0.5) is 0 Å². The van der Waals surface area contributed by atoms with Crippen molar-refractivity contribution in [3.63, 3.8) is 0 Å². The highest BCUT2D eigenvalue weighted by Gasteiger charge is 2.12. The van der Waals surface area contributed by atoms with Gasteiger partial charge in [-0.1, -0.05) is 6.07 Å². The number of hydrogen-bond acceptors (Lipinski definition) is 5. The zero-order valence-corrected chi connectivity index (χ0v) is 13.0. The van der Waals surface area contributed by atoms with E-state index in [1.54, 1.807) is 20.5 Å². The Kier molecular flexibility index (Phi) is 5.16. The number of methoxy groups -OCH3 is 2.